The molecule has 1 aliphatic rings. The van der Waals surface area contributed by atoms with E-state index in [4.69, 9.17) is 4.74 Å². The Balaban J connectivity index is 1.63. The van der Waals surface area contributed by atoms with E-state index in [1.165, 1.54) is 6.07 Å². The molecule has 0 aromatic heterocycles. The molecule has 0 saturated carbocycles. The summed E-state index contributed by atoms with van der Waals surface area (Å²) in [7, 11) is -2.49. The van der Waals surface area contributed by atoms with Crippen LogP contribution >= 0.6 is 0 Å². The lowest BCUT2D eigenvalue weighted by Crippen LogP contribution is -2.53. The van der Waals surface area contributed by atoms with Gasteiger partial charge in [0.05, 0.1) is 30.2 Å². The Labute approximate surface area is 205 Å². The van der Waals surface area contributed by atoms with Crippen molar-refractivity contribution in [1.82, 2.24) is 14.7 Å². The van der Waals surface area contributed by atoms with Crippen LogP contribution in [0.1, 0.15) is 30.9 Å². The number of carbonyl (C=O) groups is 1. The molecule has 0 unspecified atom stereocenters. The number of nitrogens with zero attached hydrogens (tertiary/aromatic N) is 3. The van der Waals surface area contributed by atoms with E-state index in [1.807, 2.05) is 6.07 Å². The van der Waals surface area contributed by atoms with Crippen LogP contribution in [0, 0.1) is 17.2 Å². The minimum absolute atomic E-state index is 0.00951. The second kappa shape index (κ2) is 10.3. The molecule has 1 fully saturated rings. The van der Waals surface area contributed by atoms with E-state index in [0.29, 0.717) is 35.9 Å². The number of fused-ring (bicyclic) bond motifs is 1. The predicted molar refractivity (Wildman–Crippen MR) is 133 cm³/mol. The van der Waals surface area contributed by atoms with Crippen LogP contribution in [0.25, 0.3) is 10.8 Å². The van der Waals surface area contributed by atoms with Crippen molar-refractivity contribution in [3.8, 4) is 11.8 Å². The first-order valence-corrected chi connectivity index (χ1v) is 12.9. The van der Waals surface area contributed by atoms with Crippen LogP contribution < -0.4 is 9.57 Å². The standard InChI is InChI=1S/C26H28N4O4S/c1-19-10-12-29(13-11-19)26(31)30(18-21-5-3-4-20(14-21)17-27)28-35(32,33)25-9-7-22-15-24(34-2)8-6-23(22)16-25/h3-9,14-16,19,28H,10-13,18H2,1-2H3. The second-order valence-electron chi connectivity index (χ2n) is 8.82. The number of hydrogen-bond acceptors (Lipinski definition) is 5. The first kappa shape index (κ1) is 24.5. The number of amides is 2. The molecular formula is C26H28N4O4S. The molecule has 0 spiro atoms. The zero-order valence-electron chi connectivity index (χ0n) is 19.8. The summed E-state index contributed by atoms with van der Waals surface area (Å²) in [6, 6.07) is 18.6. The summed E-state index contributed by atoms with van der Waals surface area (Å²) >= 11 is 0. The molecule has 3 aromatic carbocycles. The maximum Gasteiger partial charge on any atom is 0.335 e. The summed E-state index contributed by atoms with van der Waals surface area (Å²) in [6.45, 7) is 3.26. The van der Waals surface area contributed by atoms with Crippen molar-refractivity contribution >= 4 is 26.8 Å². The number of likely N-dealkylation sites (tertiary alicyclic amines) is 1. The van der Waals surface area contributed by atoms with E-state index in [2.05, 4.69) is 17.8 Å². The van der Waals surface area contributed by atoms with Crippen LogP contribution in [0.3, 0.4) is 0 Å². The third-order valence-electron chi connectivity index (χ3n) is 6.24. The maximum absolute atomic E-state index is 13.4. The zero-order valence-corrected chi connectivity index (χ0v) is 20.6. The fourth-order valence-corrected chi connectivity index (χ4v) is 5.19. The fourth-order valence-electron chi connectivity index (χ4n) is 4.13. The van der Waals surface area contributed by atoms with Crippen LogP contribution in [0.5, 0.6) is 5.75 Å². The van der Waals surface area contributed by atoms with Gasteiger partial charge in [-0.25, -0.2) is 18.2 Å². The number of ether oxygens (including phenoxy) is 1. The fraction of sp³-hybridized carbons (Fsp3) is 0.308. The third-order valence-corrected chi connectivity index (χ3v) is 7.58. The number of benzene rings is 3. The van der Waals surface area contributed by atoms with E-state index in [0.717, 1.165) is 28.6 Å². The van der Waals surface area contributed by atoms with Gasteiger partial charge in [-0.15, -0.1) is 4.83 Å². The van der Waals surface area contributed by atoms with Crippen molar-refractivity contribution in [2.45, 2.75) is 31.2 Å². The molecule has 9 heteroatoms. The Bertz CT molecular complexity index is 1380. The van der Waals surface area contributed by atoms with Gasteiger partial charge in [-0.3, -0.25) is 0 Å². The molecule has 2 amide bonds. The molecule has 0 aliphatic carbocycles. The number of carbonyl (C=O) groups excluding carboxylic acids is 1. The van der Waals surface area contributed by atoms with Crippen LogP contribution in [0.4, 0.5) is 4.79 Å². The molecule has 1 saturated heterocycles. The molecule has 4 rings (SSSR count). The first-order chi connectivity index (χ1) is 16.8. The van der Waals surface area contributed by atoms with Gasteiger partial charge in [0.25, 0.3) is 10.0 Å². The van der Waals surface area contributed by atoms with Crippen LogP contribution in [0.15, 0.2) is 65.6 Å². The SMILES string of the molecule is COc1ccc2cc(S(=O)(=O)NN(Cc3cccc(C#N)c3)C(=O)N3CCC(C)CC3)ccc2c1. The molecule has 8 nitrogen and oxygen atoms in total. The van der Waals surface area contributed by atoms with Crippen molar-refractivity contribution in [2.75, 3.05) is 20.2 Å². The number of sulfonamides is 1. The number of urea groups is 1. The Kier molecular flexibility index (Phi) is 7.24. The average molecular weight is 493 g/mol. The van der Waals surface area contributed by atoms with E-state index in [9.17, 15) is 18.5 Å². The molecule has 1 N–H and O–H groups in total. The molecule has 35 heavy (non-hydrogen) atoms. The number of hydrazine groups is 1. The van der Waals surface area contributed by atoms with Gasteiger partial charge in [-0.1, -0.05) is 31.2 Å². The topological polar surface area (TPSA) is 103 Å². The molecule has 3 aromatic rings. The molecule has 0 atom stereocenters. The maximum atomic E-state index is 13.4. The van der Waals surface area contributed by atoms with Gasteiger partial charge < -0.3 is 9.64 Å². The lowest BCUT2D eigenvalue weighted by molar-refractivity contribution is 0.124. The number of piperidine rings is 1. The number of nitriles is 1. The molecule has 1 heterocycles. The highest BCUT2D eigenvalue weighted by Gasteiger charge is 2.29. The minimum Gasteiger partial charge on any atom is -0.497 e. The molecule has 182 valence electrons. The largest absolute Gasteiger partial charge is 0.497 e. The molecule has 0 radical (unpaired) electrons. The monoisotopic (exact) mass is 492 g/mol. The number of hydrogen-bond donors (Lipinski definition) is 1. The highest BCUT2D eigenvalue weighted by molar-refractivity contribution is 7.89. The summed E-state index contributed by atoms with van der Waals surface area (Å²) in [5, 5.41) is 11.9. The van der Waals surface area contributed by atoms with E-state index < -0.39 is 16.1 Å². The second-order valence-corrected chi connectivity index (χ2v) is 10.5. The number of nitrogens with one attached hydrogen (secondary N) is 1. The van der Waals surface area contributed by atoms with Gasteiger partial charge in [0.15, 0.2) is 0 Å². The first-order valence-electron chi connectivity index (χ1n) is 11.4. The van der Waals surface area contributed by atoms with Crippen LogP contribution in [0.2, 0.25) is 0 Å². The minimum atomic E-state index is -4.06. The zero-order chi connectivity index (χ0) is 25.0. The van der Waals surface area contributed by atoms with E-state index in [1.54, 1.807) is 60.5 Å². The van der Waals surface area contributed by atoms with Crippen molar-refractivity contribution in [1.29, 1.82) is 5.26 Å². The predicted octanol–water partition coefficient (Wildman–Crippen LogP) is 4.27. The normalized spacial score (nSPS) is 14.5. The van der Waals surface area contributed by atoms with Gasteiger partial charge in [0.1, 0.15) is 5.75 Å². The highest BCUT2D eigenvalue weighted by atomic mass is 32.2. The summed E-state index contributed by atoms with van der Waals surface area (Å²) < 4.78 is 32.0. The van der Waals surface area contributed by atoms with Gasteiger partial charge in [0.2, 0.25) is 0 Å². The molecule has 0 bridgehead atoms. The summed E-state index contributed by atoms with van der Waals surface area (Å²) in [4.78, 5) is 17.6. The quantitative estimate of drug-likeness (QED) is 0.518. The van der Waals surface area contributed by atoms with Gasteiger partial charge in [-0.2, -0.15) is 5.26 Å². The molecule has 1 aliphatic heterocycles. The Morgan fingerprint density at radius 1 is 1.11 bits per heavy atom. The van der Waals surface area contributed by atoms with Crippen LogP contribution in [-0.4, -0.2) is 44.6 Å². The lowest BCUT2D eigenvalue weighted by Gasteiger charge is -2.34. The number of rotatable bonds is 6. The average Bonchev–Trinajstić information content (AvgIpc) is 2.87. The number of methoxy groups -OCH3 is 1. The van der Waals surface area contributed by atoms with Gasteiger partial charge >= 0.3 is 6.03 Å². The van der Waals surface area contributed by atoms with Crippen LogP contribution in [-0.2, 0) is 16.6 Å². The Morgan fingerprint density at radius 3 is 2.54 bits per heavy atom. The van der Waals surface area contributed by atoms with E-state index >= 15 is 0 Å². The summed E-state index contributed by atoms with van der Waals surface area (Å²) in [6.07, 6.45) is 1.73. The van der Waals surface area contributed by atoms with Crippen molar-refractivity contribution < 1.29 is 17.9 Å². The van der Waals surface area contributed by atoms with Crippen molar-refractivity contribution in [2.24, 2.45) is 5.92 Å². The van der Waals surface area contributed by atoms with Crippen molar-refractivity contribution in [3.63, 3.8) is 0 Å². The smallest absolute Gasteiger partial charge is 0.335 e. The summed E-state index contributed by atoms with van der Waals surface area (Å²) in [5.74, 6) is 1.20. The third kappa shape index (κ3) is 5.73. The Hall–Kier alpha value is -3.61. The van der Waals surface area contributed by atoms with Gasteiger partial charge in [0, 0.05) is 13.1 Å². The lowest BCUT2D eigenvalue weighted by atomic mass is 10.00. The van der Waals surface area contributed by atoms with Crippen molar-refractivity contribution in [3.05, 3.63) is 71.8 Å². The summed E-state index contributed by atoms with van der Waals surface area (Å²) in [5.41, 5.74) is 1.09. The highest BCUT2D eigenvalue weighted by Crippen LogP contribution is 2.24. The Morgan fingerprint density at radius 2 is 1.83 bits per heavy atom. The van der Waals surface area contributed by atoms with E-state index in [-0.39, 0.29) is 11.4 Å². The molecular weight excluding hydrogens is 464 g/mol. The van der Waals surface area contributed by atoms with Gasteiger partial charge in [-0.05, 0) is 71.5 Å².